The summed E-state index contributed by atoms with van der Waals surface area (Å²) < 4.78 is 5.73. The summed E-state index contributed by atoms with van der Waals surface area (Å²) >= 11 is 0. The van der Waals surface area contributed by atoms with Crippen molar-refractivity contribution in [3.8, 4) is 0 Å². The van der Waals surface area contributed by atoms with Crippen LogP contribution in [0.3, 0.4) is 0 Å². The van der Waals surface area contributed by atoms with E-state index in [9.17, 15) is 0 Å². The van der Waals surface area contributed by atoms with Crippen LogP contribution in [0.1, 0.15) is 52.9 Å². The molecule has 0 aromatic rings. The summed E-state index contributed by atoms with van der Waals surface area (Å²) in [6, 6.07) is 1.36. The van der Waals surface area contributed by atoms with Crippen LogP contribution in [0, 0.1) is 11.3 Å². The molecule has 0 aromatic carbocycles. The van der Waals surface area contributed by atoms with Gasteiger partial charge in [-0.3, -0.25) is 0 Å². The van der Waals surface area contributed by atoms with Crippen LogP contribution in [0.25, 0.3) is 0 Å². The monoisotopic (exact) mass is 282 g/mol. The van der Waals surface area contributed by atoms with E-state index in [-0.39, 0.29) is 0 Å². The van der Waals surface area contributed by atoms with Crippen molar-refractivity contribution in [1.82, 2.24) is 10.2 Å². The fourth-order valence-corrected chi connectivity index (χ4v) is 3.73. The van der Waals surface area contributed by atoms with Crippen LogP contribution in [-0.4, -0.2) is 50.3 Å². The molecule has 1 atom stereocenters. The minimum atomic E-state index is 0.335. The van der Waals surface area contributed by atoms with Crippen LogP contribution in [0.2, 0.25) is 0 Å². The number of rotatable bonds is 6. The zero-order valence-corrected chi connectivity index (χ0v) is 14.0. The third-order valence-corrected chi connectivity index (χ3v) is 5.26. The van der Waals surface area contributed by atoms with E-state index in [1.807, 2.05) is 0 Å². The first kappa shape index (κ1) is 16.3. The third-order valence-electron chi connectivity index (χ3n) is 5.26. The average molecular weight is 282 g/mol. The number of hydrogen-bond donors (Lipinski definition) is 1. The van der Waals surface area contributed by atoms with E-state index in [0.29, 0.717) is 11.5 Å². The van der Waals surface area contributed by atoms with E-state index in [1.54, 1.807) is 0 Å². The van der Waals surface area contributed by atoms with Crippen molar-refractivity contribution in [2.45, 2.75) is 65.0 Å². The summed E-state index contributed by atoms with van der Waals surface area (Å²) in [4.78, 5) is 2.63. The van der Waals surface area contributed by atoms with Crippen LogP contribution in [-0.2, 0) is 4.74 Å². The molecule has 1 saturated carbocycles. The second-order valence-electron chi connectivity index (χ2n) is 7.67. The highest BCUT2D eigenvalue weighted by molar-refractivity contribution is 4.90. The Morgan fingerprint density at radius 2 is 1.95 bits per heavy atom. The Morgan fingerprint density at radius 3 is 2.50 bits per heavy atom. The lowest BCUT2D eigenvalue weighted by Crippen LogP contribution is -2.48. The van der Waals surface area contributed by atoms with Gasteiger partial charge in [0.05, 0.1) is 6.61 Å². The van der Waals surface area contributed by atoms with Gasteiger partial charge in [0, 0.05) is 37.2 Å². The van der Waals surface area contributed by atoms with Crippen LogP contribution in [0.5, 0.6) is 0 Å². The Bertz CT molecular complexity index is 279. The van der Waals surface area contributed by atoms with Crippen LogP contribution < -0.4 is 5.32 Å². The maximum absolute atomic E-state index is 5.73. The first-order chi connectivity index (χ1) is 9.51. The molecular weight excluding hydrogens is 248 g/mol. The predicted octanol–water partition coefficient (Wildman–Crippen LogP) is 2.90. The molecule has 1 aliphatic carbocycles. The topological polar surface area (TPSA) is 24.5 Å². The molecule has 20 heavy (non-hydrogen) atoms. The SMILES string of the molecule is CC1CCC(N(C)CC2(CNC(C)C)CCOC2)CC1. The summed E-state index contributed by atoms with van der Waals surface area (Å²) in [7, 11) is 2.33. The van der Waals surface area contributed by atoms with Crippen molar-refractivity contribution in [3.05, 3.63) is 0 Å². The Labute approximate surface area is 125 Å². The summed E-state index contributed by atoms with van der Waals surface area (Å²) in [6.07, 6.45) is 6.78. The van der Waals surface area contributed by atoms with Crippen LogP contribution >= 0.6 is 0 Å². The summed E-state index contributed by atoms with van der Waals surface area (Å²) in [6.45, 7) is 11.0. The van der Waals surface area contributed by atoms with Crippen LogP contribution in [0.15, 0.2) is 0 Å². The molecule has 1 saturated heterocycles. The van der Waals surface area contributed by atoms with Crippen molar-refractivity contribution in [2.75, 3.05) is 33.4 Å². The van der Waals surface area contributed by atoms with Crippen molar-refractivity contribution in [2.24, 2.45) is 11.3 Å². The summed E-state index contributed by atoms with van der Waals surface area (Å²) in [5, 5.41) is 3.64. The van der Waals surface area contributed by atoms with Crippen molar-refractivity contribution < 1.29 is 4.74 Å². The zero-order chi connectivity index (χ0) is 14.6. The van der Waals surface area contributed by atoms with Gasteiger partial charge in [0.2, 0.25) is 0 Å². The second-order valence-corrected chi connectivity index (χ2v) is 7.67. The molecule has 1 aliphatic heterocycles. The number of hydrogen-bond acceptors (Lipinski definition) is 3. The fraction of sp³-hybridized carbons (Fsp3) is 1.00. The normalized spacial score (nSPS) is 35.1. The van der Waals surface area contributed by atoms with Gasteiger partial charge in [-0.2, -0.15) is 0 Å². The summed E-state index contributed by atoms with van der Waals surface area (Å²) in [5.41, 5.74) is 0.335. The van der Waals surface area contributed by atoms with E-state index >= 15 is 0 Å². The first-order valence-corrected chi connectivity index (χ1v) is 8.52. The molecule has 2 fully saturated rings. The summed E-state index contributed by atoms with van der Waals surface area (Å²) in [5.74, 6) is 0.936. The lowest BCUT2D eigenvalue weighted by atomic mass is 9.83. The van der Waals surface area contributed by atoms with Gasteiger partial charge in [-0.1, -0.05) is 20.8 Å². The zero-order valence-electron chi connectivity index (χ0n) is 14.0. The molecular formula is C17H34N2O. The molecule has 0 amide bonds. The predicted molar refractivity (Wildman–Crippen MR) is 85.1 cm³/mol. The standard InChI is InChI=1S/C17H34N2O/c1-14(2)18-11-17(9-10-20-13-17)12-19(4)16-7-5-15(3)6-8-16/h14-16,18H,5-13H2,1-4H3. The molecule has 0 radical (unpaired) electrons. The molecule has 1 unspecified atom stereocenters. The highest BCUT2D eigenvalue weighted by Crippen LogP contribution is 2.32. The highest BCUT2D eigenvalue weighted by atomic mass is 16.5. The van der Waals surface area contributed by atoms with Gasteiger partial charge in [-0.05, 0) is 45.1 Å². The van der Waals surface area contributed by atoms with E-state index < -0.39 is 0 Å². The molecule has 0 spiro atoms. The molecule has 3 heteroatoms. The number of nitrogens with zero attached hydrogens (tertiary/aromatic N) is 1. The van der Waals surface area contributed by atoms with Crippen molar-refractivity contribution in [1.29, 1.82) is 0 Å². The Balaban J connectivity index is 1.87. The molecule has 0 bridgehead atoms. The van der Waals surface area contributed by atoms with E-state index in [2.05, 4.69) is 38.0 Å². The maximum atomic E-state index is 5.73. The lowest BCUT2D eigenvalue weighted by Gasteiger charge is -2.39. The fourth-order valence-electron chi connectivity index (χ4n) is 3.73. The Morgan fingerprint density at radius 1 is 1.25 bits per heavy atom. The van der Waals surface area contributed by atoms with E-state index in [0.717, 1.165) is 31.7 Å². The Hall–Kier alpha value is -0.120. The van der Waals surface area contributed by atoms with Gasteiger partial charge in [-0.15, -0.1) is 0 Å². The highest BCUT2D eigenvalue weighted by Gasteiger charge is 2.37. The van der Waals surface area contributed by atoms with Gasteiger partial charge in [0.15, 0.2) is 0 Å². The minimum Gasteiger partial charge on any atom is -0.381 e. The molecule has 118 valence electrons. The third kappa shape index (κ3) is 4.44. The quantitative estimate of drug-likeness (QED) is 0.811. The van der Waals surface area contributed by atoms with Gasteiger partial charge in [-0.25, -0.2) is 0 Å². The largest absolute Gasteiger partial charge is 0.381 e. The van der Waals surface area contributed by atoms with E-state index in [1.165, 1.54) is 38.6 Å². The molecule has 3 nitrogen and oxygen atoms in total. The van der Waals surface area contributed by atoms with Gasteiger partial charge >= 0.3 is 0 Å². The molecule has 0 aromatic heterocycles. The molecule has 1 N–H and O–H groups in total. The first-order valence-electron chi connectivity index (χ1n) is 8.52. The average Bonchev–Trinajstić information content (AvgIpc) is 2.86. The smallest absolute Gasteiger partial charge is 0.0547 e. The lowest BCUT2D eigenvalue weighted by molar-refractivity contribution is 0.0826. The van der Waals surface area contributed by atoms with E-state index in [4.69, 9.17) is 4.74 Å². The van der Waals surface area contributed by atoms with Gasteiger partial charge < -0.3 is 15.0 Å². The van der Waals surface area contributed by atoms with Crippen LogP contribution in [0.4, 0.5) is 0 Å². The van der Waals surface area contributed by atoms with Crippen molar-refractivity contribution in [3.63, 3.8) is 0 Å². The molecule has 2 rings (SSSR count). The number of nitrogens with one attached hydrogen (secondary N) is 1. The maximum Gasteiger partial charge on any atom is 0.0547 e. The molecule has 1 heterocycles. The molecule has 2 aliphatic rings. The second kappa shape index (κ2) is 7.24. The number of ether oxygens (including phenoxy) is 1. The Kier molecular flexibility index (Phi) is 5.88. The van der Waals surface area contributed by atoms with Gasteiger partial charge in [0.25, 0.3) is 0 Å². The minimum absolute atomic E-state index is 0.335. The van der Waals surface area contributed by atoms with Gasteiger partial charge in [0.1, 0.15) is 0 Å². The van der Waals surface area contributed by atoms with Crippen molar-refractivity contribution >= 4 is 0 Å².